The van der Waals surface area contributed by atoms with E-state index in [-0.39, 0.29) is 52.1 Å². The molecular weight excluding hydrogens is 716 g/mol. The molecule has 5 saturated carbocycles. The third-order valence-corrected chi connectivity index (χ3v) is 17.6. The molecule has 55 heavy (non-hydrogen) atoms. The lowest BCUT2D eigenvalue weighted by molar-refractivity contribution is -0.339. The zero-order valence-electron chi connectivity index (χ0n) is 33.6. The second kappa shape index (κ2) is 13.2. The van der Waals surface area contributed by atoms with Crippen molar-refractivity contribution in [3.63, 3.8) is 0 Å². The Balaban J connectivity index is 1.15. The van der Waals surface area contributed by atoms with Crippen molar-refractivity contribution in [1.29, 1.82) is 0 Å². The van der Waals surface area contributed by atoms with Crippen LogP contribution in [-0.4, -0.2) is 150 Å². The summed E-state index contributed by atoms with van der Waals surface area (Å²) < 4.78 is 31.9. The van der Waals surface area contributed by atoms with Crippen molar-refractivity contribution in [2.75, 3.05) is 13.2 Å². The molecule has 3 heterocycles. The zero-order chi connectivity index (χ0) is 40.1. The van der Waals surface area contributed by atoms with Crippen molar-refractivity contribution < 1.29 is 69.6 Å². The molecule has 8 rings (SSSR count). The summed E-state index contributed by atoms with van der Waals surface area (Å²) in [5.41, 5.74) is -3.16. The number of hydrogen-bond donors (Lipinski definition) is 9. The number of hydrogen-bond acceptors (Lipinski definition) is 14. The van der Waals surface area contributed by atoms with Gasteiger partial charge in [-0.05, 0) is 117 Å². The number of fused-ring (bicyclic) bond motifs is 2. The fraction of sp³-hybridized carbons (Fsp3) is 1.00. The van der Waals surface area contributed by atoms with Gasteiger partial charge in [-0.15, -0.1) is 0 Å². The Morgan fingerprint density at radius 1 is 0.709 bits per heavy atom. The molecule has 0 aromatic heterocycles. The van der Waals surface area contributed by atoms with Crippen molar-refractivity contribution in [3.8, 4) is 0 Å². The highest BCUT2D eigenvalue weighted by Crippen LogP contribution is 2.89. The molecule has 316 valence electrons. The first-order valence-corrected chi connectivity index (χ1v) is 20.9. The molecule has 5 aliphatic carbocycles. The fourth-order valence-electron chi connectivity index (χ4n) is 14.9. The van der Waals surface area contributed by atoms with Crippen LogP contribution in [0.15, 0.2) is 0 Å². The fourth-order valence-corrected chi connectivity index (χ4v) is 14.9. The smallest absolute Gasteiger partial charge is 0.186 e. The van der Waals surface area contributed by atoms with E-state index in [4.69, 9.17) is 23.7 Å². The summed E-state index contributed by atoms with van der Waals surface area (Å²) in [6, 6.07) is 0. The molecule has 0 unspecified atom stereocenters. The van der Waals surface area contributed by atoms with Gasteiger partial charge in [0.25, 0.3) is 0 Å². The quantitative estimate of drug-likeness (QED) is 0.162. The lowest BCUT2D eigenvalue weighted by Crippen LogP contribution is -2.65. The Bertz CT molecular complexity index is 1460. The molecule has 0 amide bonds. The third kappa shape index (κ3) is 5.70. The molecule has 0 aromatic carbocycles. The molecule has 8 fully saturated rings. The standard InChI is InChI=1S/C41H68O14/c1-35(2)24(54-33-29(48)26(45)20(44)17-51-33)9-11-41-18-40(41)13-12-37(5)31(39(7)10-8-25(55-39)36(3,4)50)19(43)15-38(37,6)23(40)14-21(32(35)41)52-34-30(49)28(47)27(46)22(16-42)53-34/h19-34,42-50H,8-18H2,1-7H3/t19-,20+,21-,22+,23-,24-,25-,26-,27+,28-,29+,30+,31-,32-,33-,34+,37+,38-,39+,40+,41+/m0/s1. The van der Waals surface area contributed by atoms with E-state index in [2.05, 4.69) is 34.6 Å². The normalized spacial score (nSPS) is 58.7. The van der Waals surface area contributed by atoms with Gasteiger partial charge in [0.15, 0.2) is 12.6 Å². The minimum absolute atomic E-state index is 0.0633. The van der Waals surface area contributed by atoms with Crippen LogP contribution in [-0.2, 0) is 23.7 Å². The second-order valence-electron chi connectivity index (χ2n) is 21.1. The van der Waals surface area contributed by atoms with Crippen LogP contribution < -0.4 is 0 Å². The van der Waals surface area contributed by atoms with Gasteiger partial charge in [-0.2, -0.15) is 0 Å². The molecule has 14 heteroatoms. The maximum absolute atomic E-state index is 12.2. The summed E-state index contributed by atoms with van der Waals surface area (Å²) in [4.78, 5) is 0. The van der Waals surface area contributed by atoms with E-state index in [9.17, 15) is 46.0 Å². The van der Waals surface area contributed by atoms with Crippen molar-refractivity contribution >= 4 is 0 Å². The maximum atomic E-state index is 12.2. The summed E-state index contributed by atoms with van der Waals surface area (Å²) in [5, 5.41) is 97.2. The first kappa shape index (κ1) is 41.2. The van der Waals surface area contributed by atoms with Gasteiger partial charge in [-0.1, -0.05) is 27.7 Å². The molecule has 2 spiro atoms. The van der Waals surface area contributed by atoms with Crippen molar-refractivity contribution in [3.05, 3.63) is 0 Å². The first-order valence-electron chi connectivity index (χ1n) is 20.9. The summed E-state index contributed by atoms with van der Waals surface area (Å²) in [6.45, 7) is 13.8. The highest BCUT2D eigenvalue weighted by atomic mass is 16.7. The van der Waals surface area contributed by atoms with Gasteiger partial charge in [-0.3, -0.25) is 0 Å². The van der Waals surface area contributed by atoms with Crippen LogP contribution >= 0.6 is 0 Å². The monoisotopic (exact) mass is 784 g/mol. The summed E-state index contributed by atoms with van der Waals surface area (Å²) in [7, 11) is 0. The van der Waals surface area contributed by atoms with Gasteiger partial charge < -0.3 is 69.6 Å². The van der Waals surface area contributed by atoms with E-state index in [1.54, 1.807) is 13.8 Å². The Kier molecular flexibility index (Phi) is 9.90. The first-order chi connectivity index (χ1) is 25.5. The second-order valence-corrected chi connectivity index (χ2v) is 21.1. The van der Waals surface area contributed by atoms with Gasteiger partial charge in [0.05, 0.1) is 48.8 Å². The van der Waals surface area contributed by atoms with E-state index >= 15 is 0 Å². The van der Waals surface area contributed by atoms with Gasteiger partial charge in [0, 0.05) is 5.92 Å². The number of aliphatic hydroxyl groups is 9. The Labute approximate surface area is 324 Å². The highest BCUT2D eigenvalue weighted by molar-refractivity contribution is 5.33. The van der Waals surface area contributed by atoms with Crippen LogP contribution in [0.1, 0.15) is 106 Å². The van der Waals surface area contributed by atoms with Crippen LogP contribution in [0.2, 0.25) is 0 Å². The van der Waals surface area contributed by atoms with Crippen LogP contribution in [0.5, 0.6) is 0 Å². The molecule has 3 aliphatic heterocycles. The third-order valence-electron chi connectivity index (χ3n) is 17.6. The minimum Gasteiger partial charge on any atom is -0.394 e. The van der Waals surface area contributed by atoms with Gasteiger partial charge in [-0.25, -0.2) is 0 Å². The van der Waals surface area contributed by atoms with Gasteiger partial charge in [0.1, 0.15) is 42.7 Å². The van der Waals surface area contributed by atoms with Crippen LogP contribution in [0.25, 0.3) is 0 Å². The van der Waals surface area contributed by atoms with E-state index in [1.165, 1.54) is 0 Å². The van der Waals surface area contributed by atoms with E-state index in [0.717, 1.165) is 32.1 Å². The van der Waals surface area contributed by atoms with E-state index in [0.29, 0.717) is 25.7 Å². The molecular formula is C41H68O14. The highest BCUT2D eigenvalue weighted by Gasteiger charge is 2.85. The predicted octanol–water partition coefficient (Wildman–Crippen LogP) is 0.724. The van der Waals surface area contributed by atoms with Crippen molar-refractivity contribution in [2.45, 2.75) is 197 Å². The molecule has 0 bridgehead atoms. The molecule has 0 radical (unpaired) electrons. The number of rotatable bonds is 7. The Hall–Kier alpha value is -0.560. The maximum Gasteiger partial charge on any atom is 0.186 e. The molecule has 14 nitrogen and oxygen atoms in total. The summed E-state index contributed by atoms with van der Waals surface area (Å²) in [5.74, 6) is -0.215. The number of ether oxygens (including phenoxy) is 5. The average molecular weight is 785 g/mol. The predicted molar refractivity (Wildman–Crippen MR) is 194 cm³/mol. The zero-order valence-corrected chi connectivity index (χ0v) is 33.6. The molecule has 9 N–H and O–H groups in total. The van der Waals surface area contributed by atoms with E-state index < -0.39 is 96.8 Å². The van der Waals surface area contributed by atoms with Gasteiger partial charge >= 0.3 is 0 Å². The van der Waals surface area contributed by atoms with Gasteiger partial charge in [0.2, 0.25) is 0 Å². The summed E-state index contributed by atoms with van der Waals surface area (Å²) in [6.07, 6.45) is -7.48. The SMILES string of the molecule is CC(C)(O)[C@@H]1CC[C@](C)([C@H]2[C@@H](O)C[C@@]3(C)[C@@H]4C[C@H](O[C@@H]5O[C@H](CO)[C@@H](O)[C@H](O)[C@H]5O)[C@H]5C(C)(C)[C@@H](O[C@@H]6OC[C@@H](O)[C@H](O)[C@H]6O)CC[C@@]56C[C@]46CC[C@]23C)O1. The minimum atomic E-state index is -1.60. The van der Waals surface area contributed by atoms with E-state index in [1.807, 2.05) is 0 Å². The van der Waals surface area contributed by atoms with Crippen LogP contribution in [0.4, 0.5) is 0 Å². The van der Waals surface area contributed by atoms with Crippen molar-refractivity contribution in [2.24, 2.45) is 44.8 Å². The largest absolute Gasteiger partial charge is 0.394 e. The molecule has 8 aliphatic rings. The summed E-state index contributed by atoms with van der Waals surface area (Å²) >= 11 is 0. The molecule has 3 saturated heterocycles. The Morgan fingerprint density at radius 3 is 2.05 bits per heavy atom. The lowest BCUT2D eigenvalue weighted by atomic mass is 9.41. The lowest BCUT2D eigenvalue weighted by Gasteiger charge is -2.65. The topological polar surface area (TPSA) is 228 Å². The van der Waals surface area contributed by atoms with Crippen molar-refractivity contribution in [1.82, 2.24) is 0 Å². The van der Waals surface area contributed by atoms with Crippen LogP contribution in [0.3, 0.4) is 0 Å². The molecule has 0 aromatic rings. The Morgan fingerprint density at radius 2 is 1.40 bits per heavy atom. The molecule has 21 atom stereocenters. The van der Waals surface area contributed by atoms with Crippen LogP contribution in [0, 0.1) is 44.8 Å². The average Bonchev–Trinajstić information content (AvgIpc) is 3.47. The number of aliphatic hydroxyl groups excluding tert-OH is 8.